The van der Waals surface area contributed by atoms with Crippen molar-refractivity contribution in [3.63, 3.8) is 0 Å². The van der Waals surface area contributed by atoms with Crippen molar-refractivity contribution in [2.45, 2.75) is 26.1 Å². The third kappa shape index (κ3) is 2.41. The highest BCUT2D eigenvalue weighted by Gasteiger charge is 2.25. The quantitative estimate of drug-likeness (QED) is 0.606. The third-order valence-electron chi connectivity index (χ3n) is 1.69. The van der Waals surface area contributed by atoms with Crippen LogP contribution in [0.5, 0.6) is 0 Å². The zero-order valence-electron chi connectivity index (χ0n) is 7.61. The summed E-state index contributed by atoms with van der Waals surface area (Å²) in [5, 5.41) is 7.51. The second-order valence-corrected chi connectivity index (χ2v) is 4.65. The van der Waals surface area contributed by atoms with Crippen LogP contribution in [0.3, 0.4) is 0 Å². The van der Waals surface area contributed by atoms with Crippen molar-refractivity contribution in [1.29, 1.82) is 0 Å². The van der Waals surface area contributed by atoms with Gasteiger partial charge >= 0.3 is 0 Å². The maximum absolute atomic E-state index is 11.4. The summed E-state index contributed by atoms with van der Waals surface area (Å²) in [6.07, 6.45) is 0. The van der Waals surface area contributed by atoms with Crippen molar-refractivity contribution in [3.05, 3.63) is 0 Å². The van der Waals surface area contributed by atoms with E-state index in [0.717, 1.165) is 0 Å². The van der Waals surface area contributed by atoms with Gasteiger partial charge in [0.1, 0.15) is 5.37 Å². The lowest BCUT2D eigenvalue weighted by Crippen LogP contribution is -2.43. The van der Waals surface area contributed by atoms with Crippen LogP contribution in [0.1, 0.15) is 20.8 Å². The molecule has 0 aromatic carbocycles. The minimum absolute atomic E-state index is 0.421. The summed E-state index contributed by atoms with van der Waals surface area (Å²) in [5.41, 5.74) is 1.72. The second kappa shape index (κ2) is 4.76. The molecule has 1 unspecified atom stereocenters. The van der Waals surface area contributed by atoms with Gasteiger partial charge in [0.15, 0.2) is 0 Å². The number of hydrogen-bond donors (Lipinski definition) is 2. The molecule has 1 atom stereocenters. The van der Waals surface area contributed by atoms with Crippen LogP contribution in [0.4, 0.5) is 0 Å². The Morgan fingerprint density at radius 1 is 1.42 bits per heavy atom. The highest BCUT2D eigenvalue weighted by molar-refractivity contribution is 7.89. The predicted octanol–water partition coefficient (Wildman–Crippen LogP) is -0.0172. The molecule has 12 heavy (non-hydrogen) atoms. The maximum Gasteiger partial charge on any atom is 0.232 e. The molecule has 2 N–H and O–H groups in total. The zero-order valence-corrected chi connectivity index (χ0v) is 8.43. The van der Waals surface area contributed by atoms with Crippen molar-refractivity contribution in [2.24, 2.45) is 0 Å². The Kier molecular flexibility index (Phi) is 4.69. The summed E-state index contributed by atoms with van der Waals surface area (Å²) in [6, 6.07) is 0. The molecular formula is C6H16N2O3S. The van der Waals surface area contributed by atoms with Crippen molar-refractivity contribution < 1.29 is 13.6 Å². The van der Waals surface area contributed by atoms with Gasteiger partial charge in [-0.1, -0.05) is 13.8 Å². The molecule has 0 aromatic heterocycles. The number of nitrogens with one attached hydrogen (secondary N) is 1. The zero-order chi connectivity index (χ0) is 9.78. The van der Waals surface area contributed by atoms with E-state index in [4.69, 9.17) is 5.21 Å². The number of rotatable bonds is 5. The molecule has 0 saturated carbocycles. The first kappa shape index (κ1) is 11.8. The maximum atomic E-state index is 11.4. The van der Waals surface area contributed by atoms with Gasteiger partial charge < -0.3 is 5.21 Å². The van der Waals surface area contributed by atoms with Crippen molar-refractivity contribution in [2.75, 3.05) is 13.1 Å². The van der Waals surface area contributed by atoms with Crippen LogP contribution in [-0.4, -0.2) is 36.4 Å². The van der Waals surface area contributed by atoms with Gasteiger partial charge in [0.25, 0.3) is 0 Å². The number of nitrogens with zero attached hydrogens (tertiary/aromatic N) is 1. The molecule has 0 aliphatic rings. The fourth-order valence-electron chi connectivity index (χ4n) is 0.874. The van der Waals surface area contributed by atoms with Gasteiger partial charge in [0, 0.05) is 13.1 Å². The highest BCUT2D eigenvalue weighted by atomic mass is 32.2. The van der Waals surface area contributed by atoms with Crippen LogP contribution < -0.4 is 5.48 Å². The highest BCUT2D eigenvalue weighted by Crippen LogP contribution is 2.04. The van der Waals surface area contributed by atoms with Gasteiger partial charge in [-0.3, -0.25) is 0 Å². The predicted molar refractivity (Wildman–Crippen MR) is 46.2 cm³/mol. The summed E-state index contributed by atoms with van der Waals surface area (Å²) in [7, 11) is -3.38. The molecule has 0 bridgehead atoms. The Balaban J connectivity index is 4.58. The summed E-state index contributed by atoms with van der Waals surface area (Å²) >= 11 is 0. The first-order valence-electron chi connectivity index (χ1n) is 3.89. The molecule has 0 heterocycles. The molecule has 0 saturated heterocycles. The third-order valence-corrected chi connectivity index (χ3v) is 3.93. The fourth-order valence-corrected chi connectivity index (χ4v) is 2.17. The lowest BCUT2D eigenvalue weighted by Gasteiger charge is -2.21. The Hall–Kier alpha value is -0.170. The summed E-state index contributed by atoms with van der Waals surface area (Å²) < 4.78 is 24.1. The van der Waals surface area contributed by atoms with E-state index < -0.39 is 15.4 Å². The molecule has 0 aliphatic carbocycles. The van der Waals surface area contributed by atoms with Crippen LogP contribution >= 0.6 is 0 Å². The fraction of sp³-hybridized carbons (Fsp3) is 1.00. The largest absolute Gasteiger partial charge is 0.316 e. The first-order valence-corrected chi connectivity index (χ1v) is 5.39. The monoisotopic (exact) mass is 196 g/mol. The molecule has 0 aliphatic heterocycles. The van der Waals surface area contributed by atoms with Crippen molar-refractivity contribution >= 4 is 10.0 Å². The van der Waals surface area contributed by atoms with E-state index in [1.807, 2.05) is 0 Å². The molecule has 0 spiro atoms. The molecule has 74 valence electrons. The average molecular weight is 196 g/mol. The van der Waals surface area contributed by atoms with Crippen molar-refractivity contribution in [3.8, 4) is 0 Å². The summed E-state index contributed by atoms with van der Waals surface area (Å²) in [6.45, 7) is 5.75. The van der Waals surface area contributed by atoms with Crippen molar-refractivity contribution in [1.82, 2.24) is 9.79 Å². The Morgan fingerprint density at radius 2 is 1.83 bits per heavy atom. The smallest absolute Gasteiger partial charge is 0.232 e. The van der Waals surface area contributed by atoms with Gasteiger partial charge in [0.05, 0.1) is 0 Å². The van der Waals surface area contributed by atoms with E-state index in [9.17, 15) is 8.42 Å². The van der Waals surface area contributed by atoms with Gasteiger partial charge in [-0.2, -0.15) is 5.48 Å². The van der Waals surface area contributed by atoms with Crippen LogP contribution in [0.25, 0.3) is 0 Å². The van der Waals surface area contributed by atoms with Crippen LogP contribution in [0.15, 0.2) is 0 Å². The molecule has 6 heteroatoms. The second-order valence-electron chi connectivity index (χ2n) is 2.40. The van der Waals surface area contributed by atoms with Gasteiger partial charge in [-0.05, 0) is 6.92 Å². The molecular weight excluding hydrogens is 180 g/mol. The number of hydrogen-bond acceptors (Lipinski definition) is 4. The van der Waals surface area contributed by atoms with E-state index in [1.165, 1.54) is 11.2 Å². The van der Waals surface area contributed by atoms with E-state index in [2.05, 4.69) is 0 Å². The van der Waals surface area contributed by atoms with E-state index >= 15 is 0 Å². The molecule has 0 aromatic rings. The van der Waals surface area contributed by atoms with E-state index in [1.54, 1.807) is 19.3 Å². The SMILES string of the molecule is CCN(CC)S(=O)(=O)C(C)NO. The lowest BCUT2D eigenvalue weighted by atomic mass is 10.7. The Labute approximate surface area is 73.4 Å². The topological polar surface area (TPSA) is 69.6 Å². The normalized spacial score (nSPS) is 15.1. The van der Waals surface area contributed by atoms with Gasteiger partial charge in [-0.25, -0.2) is 12.7 Å². The summed E-state index contributed by atoms with van der Waals surface area (Å²) in [4.78, 5) is 0. The van der Waals surface area contributed by atoms with Gasteiger partial charge in [0.2, 0.25) is 10.0 Å². The van der Waals surface area contributed by atoms with Gasteiger partial charge in [-0.15, -0.1) is 0 Å². The lowest BCUT2D eigenvalue weighted by molar-refractivity contribution is 0.156. The van der Waals surface area contributed by atoms with E-state index in [0.29, 0.717) is 13.1 Å². The minimum atomic E-state index is -3.38. The average Bonchev–Trinajstić information content (AvgIpc) is 2.04. The molecule has 0 rings (SSSR count). The van der Waals surface area contributed by atoms with E-state index in [-0.39, 0.29) is 0 Å². The molecule has 0 radical (unpaired) electrons. The summed E-state index contributed by atoms with van der Waals surface area (Å²) in [5.74, 6) is 0. The molecule has 0 amide bonds. The number of hydroxylamine groups is 1. The standard InChI is InChI=1S/C6H16N2O3S/c1-4-8(5-2)12(10,11)6(3)7-9/h6-7,9H,4-5H2,1-3H3. The van der Waals surface area contributed by atoms with Crippen LogP contribution in [0, 0.1) is 0 Å². The number of sulfonamides is 1. The first-order chi connectivity index (χ1) is 5.50. The van der Waals surface area contributed by atoms with Crippen LogP contribution in [0.2, 0.25) is 0 Å². The molecule has 5 nitrogen and oxygen atoms in total. The van der Waals surface area contributed by atoms with Crippen LogP contribution in [-0.2, 0) is 10.0 Å². The Morgan fingerprint density at radius 3 is 2.08 bits per heavy atom. The minimum Gasteiger partial charge on any atom is -0.316 e. The Bertz CT molecular complexity index is 211. The molecule has 0 fully saturated rings.